The SMILES string of the molecule is CCCCCCCC(=O)c1ccc(Cc2nccn3c(-c4cn(CCC5CCCC5)nc4C(F)(F)F)cnc23)cc1CC. The predicted molar refractivity (Wildman–Crippen MR) is 162 cm³/mol. The Hall–Kier alpha value is -3.49. The summed E-state index contributed by atoms with van der Waals surface area (Å²) in [5.41, 5.74) is 3.41. The van der Waals surface area contributed by atoms with Crippen molar-refractivity contribution < 1.29 is 18.0 Å². The maximum Gasteiger partial charge on any atom is 0.435 e. The van der Waals surface area contributed by atoms with Crippen LogP contribution < -0.4 is 0 Å². The van der Waals surface area contributed by atoms with E-state index in [0.29, 0.717) is 42.3 Å². The summed E-state index contributed by atoms with van der Waals surface area (Å²) in [5.74, 6) is 0.740. The number of carbonyl (C=O) groups is 1. The van der Waals surface area contributed by atoms with Crippen molar-refractivity contribution in [3.8, 4) is 11.3 Å². The first kappa shape index (κ1) is 31.0. The van der Waals surface area contributed by atoms with Crippen molar-refractivity contribution >= 4 is 11.4 Å². The van der Waals surface area contributed by atoms with Crippen LogP contribution in [0.25, 0.3) is 16.9 Å². The zero-order valence-corrected chi connectivity index (χ0v) is 25.3. The molecule has 1 saturated carbocycles. The number of hydrogen-bond acceptors (Lipinski definition) is 4. The van der Waals surface area contributed by atoms with Crippen molar-refractivity contribution in [1.82, 2.24) is 24.1 Å². The lowest BCUT2D eigenvalue weighted by Gasteiger charge is -2.11. The number of unbranched alkanes of at least 4 members (excludes halogenated alkanes) is 4. The first-order valence-electron chi connectivity index (χ1n) is 15.9. The van der Waals surface area contributed by atoms with Gasteiger partial charge >= 0.3 is 6.18 Å². The average Bonchev–Trinajstić information content (AvgIpc) is 3.75. The van der Waals surface area contributed by atoms with Gasteiger partial charge in [-0.1, -0.05) is 83.4 Å². The van der Waals surface area contributed by atoms with E-state index in [4.69, 9.17) is 0 Å². The van der Waals surface area contributed by atoms with E-state index in [9.17, 15) is 18.0 Å². The van der Waals surface area contributed by atoms with Crippen molar-refractivity contribution in [1.29, 1.82) is 0 Å². The minimum absolute atomic E-state index is 0.0226. The number of aromatic nitrogens is 5. The molecule has 1 fully saturated rings. The van der Waals surface area contributed by atoms with E-state index in [1.807, 2.05) is 19.1 Å². The number of aryl methyl sites for hydroxylation is 2. The van der Waals surface area contributed by atoms with E-state index >= 15 is 0 Å². The van der Waals surface area contributed by atoms with Crippen LogP contribution >= 0.6 is 0 Å². The van der Waals surface area contributed by atoms with Gasteiger partial charge in [-0.2, -0.15) is 18.3 Å². The molecule has 0 unspecified atom stereocenters. The Morgan fingerprint density at radius 2 is 1.84 bits per heavy atom. The van der Waals surface area contributed by atoms with Gasteiger partial charge in [-0.05, 0) is 36.3 Å². The molecule has 3 aromatic heterocycles. The molecule has 0 amide bonds. The molecule has 1 aliphatic carbocycles. The number of nitrogens with zero attached hydrogens (tertiary/aromatic N) is 5. The number of benzene rings is 1. The minimum Gasteiger partial charge on any atom is -0.296 e. The van der Waals surface area contributed by atoms with Gasteiger partial charge in [0.1, 0.15) is 0 Å². The largest absolute Gasteiger partial charge is 0.435 e. The van der Waals surface area contributed by atoms with Crippen molar-refractivity contribution in [2.75, 3.05) is 0 Å². The summed E-state index contributed by atoms with van der Waals surface area (Å²) >= 11 is 0. The molecule has 230 valence electrons. The molecule has 0 spiro atoms. The molecule has 0 N–H and O–H groups in total. The predicted octanol–water partition coefficient (Wildman–Crippen LogP) is 8.89. The van der Waals surface area contributed by atoms with Gasteiger partial charge in [-0.25, -0.2) is 4.98 Å². The molecule has 0 saturated heterocycles. The molecule has 0 aliphatic heterocycles. The lowest BCUT2D eigenvalue weighted by atomic mass is 9.94. The molecule has 1 aliphatic rings. The number of ketones is 1. The highest BCUT2D eigenvalue weighted by atomic mass is 19.4. The van der Waals surface area contributed by atoms with E-state index in [2.05, 4.69) is 28.1 Å². The summed E-state index contributed by atoms with van der Waals surface area (Å²) in [4.78, 5) is 22.0. The molecule has 4 aromatic rings. The quantitative estimate of drug-likeness (QED) is 0.108. The van der Waals surface area contributed by atoms with Crippen LogP contribution in [0.5, 0.6) is 0 Å². The smallest absolute Gasteiger partial charge is 0.296 e. The number of fused-ring (bicyclic) bond motifs is 1. The molecule has 9 heteroatoms. The van der Waals surface area contributed by atoms with Gasteiger partial charge in [0.15, 0.2) is 17.1 Å². The first-order valence-corrected chi connectivity index (χ1v) is 15.9. The van der Waals surface area contributed by atoms with E-state index in [1.54, 1.807) is 16.8 Å². The van der Waals surface area contributed by atoms with E-state index in [0.717, 1.165) is 61.6 Å². The molecule has 43 heavy (non-hydrogen) atoms. The molecular formula is C34H42F3N5O. The fraction of sp³-hybridized carbons (Fsp3) is 0.529. The second-order valence-electron chi connectivity index (χ2n) is 11.9. The highest BCUT2D eigenvalue weighted by Crippen LogP contribution is 2.37. The zero-order chi connectivity index (χ0) is 30.4. The molecule has 0 bridgehead atoms. The van der Waals surface area contributed by atoms with Gasteiger partial charge < -0.3 is 0 Å². The molecule has 5 rings (SSSR count). The Bertz CT molecular complexity index is 1530. The monoisotopic (exact) mass is 593 g/mol. The highest BCUT2D eigenvalue weighted by molar-refractivity contribution is 5.97. The standard InChI is InChI=1S/C34H42F3N5O/c1-3-5-6-7-8-13-31(43)27-15-14-25(20-26(27)4-2)21-29-33-39-22-30(42(33)19-17-38-29)28-23-41(40-32(28)34(35,36)37)18-16-24-11-9-10-12-24/h14-15,17,19-20,22-24H,3-13,16,18,21H2,1-2H3. The minimum atomic E-state index is -4.58. The third kappa shape index (κ3) is 7.36. The van der Waals surface area contributed by atoms with Crippen LogP contribution in [-0.2, 0) is 25.6 Å². The molecular weight excluding hydrogens is 551 g/mol. The summed E-state index contributed by atoms with van der Waals surface area (Å²) in [6, 6.07) is 5.92. The van der Waals surface area contributed by atoms with Gasteiger partial charge in [0, 0.05) is 43.5 Å². The summed E-state index contributed by atoms with van der Waals surface area (Å²) in [7, 11) is 0. The number of carbonyl (C=O) groups excluding carboxylic acids is 1. The fourth-order valence-electron chi connectivity index (χ4n) is 6.38. The zero-order valence-electron chi connectivity index (χ0n) is 25.3. The summed E-state index contributed by atoms with van der Waals surface area (Å²) in [6.07, 6.45) is 14.4. The Morgan fingerprint density at radius 1 is 1.05 bits per heavy atom. The third-order valence-electron chi connectivity index (χ3n) is 8.78. The normalized spacial score (nSPS) is 14.3. The summed E-state index contributed by atoms with van der Waals surface area (Å²) < 4.78 is 45.4. The maximum absolute atomic E-state index is 14.1. The van der Waals surface area contributed by atoms with E-state index in [1.165, 1.54) is 42.8 Å². The first-order chi connectivity index (χ1) is 20.8. The van der Waals surface area contributed by atoms with Gasteiger partial charge in [0.05, 0.1) is 23.1 Å². The highest BCUT2D eigenvalue weighted by Gasteiger charge is 2.38. The summed E-state index contributed by atoms with van der Waals surface area (Å²) in [6.45, 7) is 4.69. The van der Waals surface area contributed by atoms with Crippen LogP contribution in [0.1, 0.15) is 117 Å². The van der Waals surface area contributed by atoms with Crippen molar-refractivity contribution in [3.05, 3.63) is 71.1 Å². The Labute approximate surface area is 251 Å². The van der Waals surface area contributed by atoms with Crippen LogP contribution in [0, 0.1) is 5.92 Å². The molecule has 1 aromatic carbocycles. The van der Waals surface area contributed by atoms with Crippen LogP contribution in [-0.4, -0.2) is 29.9 Å². The molecule has 0 radical (unpaired) electrons. The van der Waals surface area contributed by atoms with Crippen LogP contribution in [0.3, 0.4) is 0 Å². The number of Topliss-reactive ketones (excluding diaryl/α,β-unsaturated/α-hetero) is 1. The Balaban J connectivity index is 1.37. The van der Waals surface area contributed by atoms with Crippen LogP contribution in [0.4, 0.5) is 13.2 Å². The molecule has 3 heterocycles. The van der Waals surface area contributed by atoms with Gasteiger partial charge in [0.25, 0.3) is 0 Å². The van der Waals surface area contributed by atoms with Crippen molar-refractivity contribution in [2.45, 2.75) is 110 Å². The summed E-state index contributed by atoms with van der Waals surface area (Å²) in [5, 5.41) is 3.98. The molecule has 6 nitrogen and oxygen atoms in total. The van der Waals surface area contributed by atoms with Crippen LogP contribution in [0.2, 0.25) is 0 Å². The fourth-order valence-corrected chi connectivity index (χ4v) is 6.38. The van der Waals surface area contributed by atoms with Crippen molar-refractivity contribution in [3.63, 3.8) is 0 Å². The number of hydrogen-bond donors (Lipinski definition) is 0. The Kier molecular flexibility index (Phi) is 9.98. The lowest BCUT2D eigenvalue weighted by molar-refractivity contribution is -0.141. The van der Waals surface area contributed by atoms with Crippen molar-refractivity contribution in [2.24, 2.45) is 5.92 Å². The van der Waals surface area contributed by atoms with E-state index in [-0.39, 0.29) is 11.3 Å². The number of imidazole rings is 1. The number of halogens is 3. The van der Waals surface area contributed by atoms with Gasteiger partial charge in [-0.15, -0.1) is 0 Å². The maximum atomic E-state index is 14.1. The second-order valence-corrected chi connectivity index (χ2v) is 11.9. The van der Waals surface area contributed by atoms with Gasteiger partial charge in [-0.3, -0.25) is 18.9 Å². The van der Waals surface area contributed by atoms with Gasteiger partial charge in [0.2, 0.25) is 0 Å². The molecule has 0 atom stereocenters. The second kappa shape index (κ2) is 13.9. The Morgan fingerprint density at radius 3 is 2.58 bits per heavy atom. The third-order valence-corrected chi connectivity index (χ3v) is 8.78. The topological polar surface area (TPSA) is 65.1 Å². The van der Waals surface area contributed by atoms with Crippen LogP contribution in [0.15, 0.2) is 43.0 Å². The average molecular weight is 594 g/mol. The number of rotatable bonds is 14. The van der Waals surface area contributed by atoms with E-state index < -0.39 is 11.9 Å². The number of alkyl halides is 3. The lowest BCUT2D eigenvalue weighted by Crippen LogP contribution is -2.10.